The topological polar surface area (TPSA) is 97.8 Å². The minimum atomic E-state index is -3.75. The number of methoxy groups -OCH3 is 1. The van der Waals surface area contributed by atoms with E-state index in [1.807, 2.05) is 25.1 Å². The van der Waals surface area contributed by atoms with Crippen LogP contribution in [0.3, 0.4) is 0 Å². The Bertz CT molecular complexity index is 1280. The summed E-state index contributed by atoms with van der Waals surface area (Å²) in [7, 11) is -2.32. The van der Waals surface area contributed by atoms with Crippen molar-refractivity contribution in [3.05, 3.63) is 53.6 Å². The quantitative estimate of drug-likeness (QED) is 0.552. The molecule has 10 heteroatoms. The summed E-state index contributed by atoms with van der Waals surface area (Å²) in [5.74, 6) is -0.1000. The van der Waals surface area contributed by atoms with Gasteiger partial charge in [0.05, 0.1) is 30.5 Å². The maximum atomic E-state index is 13.1. The zero-order chi connectivity index (χ0) is 22.7. The van der Waals surface area contributed by atoms with Gasteiger partial charge in [-0.25, -0.2) is 13.4 Å². The van der Waals surface area contributed by atoms with Gasteiger partial charge in [-0.2, -0.15) is 4.31 Å². The van der Waals surface area contributed by atoms with Crippen LogP contribution >= 0.6 is 11.3 Å². The molecule has 0 radical (unpaired) electrons. The van der Waals surface area contributed by atoms with E-state index in [0.717, 1.165) is 15.8 Å². The van der Waals surface area contributed by atoms with Crippen molar-refractivity contribution in [3.8, 4) is 5.75 Å². The number of carbonyl (C=O) groups is 1. The van der Waals surface area contributed by atoms with E-state index in [4.69, 9.17) is 9.47 Å². The van der Waals surface area contributed by atoms with Crippen LogP contribution in [0.4, 0.5) is 5.13 Å². The number of hydrogen-bond donors (Lipinski definition) is 1. The van der Waals surface area contributed by atoms with Gasteiger partial charge in [0.15, 0.2) is 5.13 Å². The standard InChI is InChI=1S/C22H23N3O5S2/c1-15-3-6-17-19(13-15)31-22(23-17)24-21(26)8-5-16-4-7-18(29-2)20(14-16)32(27,28)25-9-11-30-12-10-25/h3-8,13-14H,9-12H2,1-2H3,(H,23,24,26)/b8-5+. The summed E-state index contributed by atoms with van der Waals surface area (Å²) < 4.78 is 39.1. The lowest BCUT2D eigenvalue weighted by Gasteiger charge is -2.26. The number of carbonyl (C=O) groups excluding carboxylic acids is 1. The van der Waals surface area contributed by atoms with Gasteiger partial charge in [0.25, 0.3) is 0 Å². The monoisotopic (exact) mass is 473 g/mol. The van der Waals surface area contributed by atoms with Gasteiger partial charge < -0.3 is 9.47 Å². The highest BCUT2D eigenvalue weighted by Crippen LogP contribution is 2.29. The highest BCUT2D eigenvalue weighted by molar-refractivity contribution is 7.89. The van der Waals surface area contributed by atoms with E-state index in [9.17, 15) is 13.2 Å². The molecule has 168 valence electrons. The lowest BCUT2D eigenvalue weighted by atomic mass is 10.2. The van der Waals surface area contributed by atoms with E-state index in [1.54, 1.807) is 18.2 Å². The van der Waals surface area contributed by atoms with E-state index >= 15 is 0 Å². The molecule has 0 spiro atoms. The predicted octanol–water partition coefficient (Wildman–Crippen LogP) is 3.29. The zero-order valence-corrected chi connectivity index (χ0v) is 19.3. The number of morpholine rings is 1. The third-order valence-corrected chi connectivity index (χ3v) is 7.83. The van der Waals surface area contributed by atoms with Gasteiger partial charge in [0.2, 0.25) is 15.9 Å². The molecule has 3 aromatic rings. The minimum Gasteiger partial charge on any atom is -0.495 e. The van der Waals surface area contributed by atoms with Crippen LogP contribution in [0.5, 0.6) is 5.75 Å². The largest absolute Gasteiger partial charge is 0.495 e. The second-order valence-corrected chi connectivity index (χ2v) is 10.2. The molecule has 4 rings (SSSR count). The highest BCUT2D eigenvalue weighted by atomic mass is 32.2. The Morgan fingerprint density at radius 3 is 2.75 bits per heavy atom. The molecule has 0 bridgehead atoms. The molecule has 2 aromatic carbocycles. The lowest BCUT2D eigenvalue weighted by Crippen LogP contribution is -2.40. The summed E-state index contributed by atoms with van der Waals surface area (Å²) >= 11 is 1.40. The van der Waals surface area contributed by atoms with E-state index in [2.05, 4.69) is 10.3 Å². The Hall–Kier alpha value is -2.79. The third-order valence-electron chi connectivity index (χ3n) is 4.98. The van der Waals surface area contributed by atoms with Crippen LogP contribution in [-0.2, 0) is 19.6 Å². The van der Waals surface area contributed by atoms with Gasteiger partial charge in [-0.3, -0.25) is 10.1 Å². The molecule has 1 N–H and O–H groups in total. The first-order chi connectivity index (χ1) is 15.4. The second kappa shape index (κ2) is 9.37. The van der Waals surface area contributed by atoms with Gasteiger partial charge in [-0.15, -0.1) is 0 Å². The van der Waals surface area contributed by atoms with Crippen LogP contribution in [0.2, 0.25) is 0 Å². The molecule has 1 aliphatic rings. The van der Waals surface area contributed by atoms with Crippen molar-refractivity contribution < 1.29 is 22.7 Å². The van der Waals surface area contributed by atoms with E-state index in [-0.39, 0.29) is 29.6 Å². The summed E-state index contributed by atoms with van der Waals surface area (Å²) in [5, 5.41) is 3.26. The molecule has 0 aliphatic carbocycles. The van der Waals surface area contributed by atoms with Crippen molar-refractivity contribution >= 4 is 48.7 Å². The first kappa shape index (κ1) is 22.4. The van der Waals surface area contributed by atoms with Crippen molar-refractivity contribution in [3.63, 3.8) is 0 Å². The van der Waals surface area contributed by atoms with Crippen LogP contribution in [0.25, 0.3) is 16.3 Å². The number of thiazole rings is 1. The van der Waals surface area contributed by atoms with Crippen LogP contribution < -0.4 is 10.1 Å². The molecule has 0 unspecified atom stereocenters. The molecule has 1 amide bonds. The Labute approximate surface area is 190 Å². The Morgan fingerprint density at radius 2 is 2.00 bits per heavy atom. The number of benzene rings is 2. The van der Waals surface area contributed by atoms with Crippen molar-refractivity contribution in [1.82, 2.24) is 9.29 Å². The number of sulfonamides is 1. The predicted molar refractivity (Wildman–Crippen MR) is 125 cm³/mol. The SMILES string of the molecule is COc1ccc(/C=C/C(=O)Nc2nc3ccc(C)cc3s2)cc1S(=O)(=O)N1CCOCC1. The summed E-state index contributed by atoms with van der Waals surface area (Å²) in [5.41, 5.74) is 2.52. The van der Waals surface area contributed by atoms with Crippen molar-refractivity contribution in [1.29, 1.82) is 0 Å². The average molecular weight is 474 g/mol. The highest BCUT2D eigenvalue weighted by Gasteiger charge is 2.29. The fraction of sp³-hybridized carbons (Fsp3) is 0.273. The van der Waals surface area contributed by atoms with Gasteiger partial charge >= 0.3 is 0 Å². The fourth-order valence-corrected chi connectivity index (χ4v) is 5.89. The van der Waals surface area contributed by atoms with Gasteiger partial charge in [-0.05, 0) is 48.4 Å². The molecule has 1 aromatic heterocycles. The van der Waals surface area contributed by atoms with Crippen LogP contribution in [0.1, 0.15) is 11.1 Å². The normalized spacial score (nSPS) is 15.3. The molecule has 0 saturated carbocycles. The maximum Gasteiger partial charge on any atom is 0.250 e. The zero-order valence-electron chi connectivity index (χ0n) is 17.7. The summed E-state index contributed by atoms with van der Waals surface area (Å²) in [6.07, 6.45) is 2.91. The molecular weight excluding hydrogens is 450 g/mol. The van der Waals surface area contributed by atoms with Crippen molar-refractivity contribution in [2.24, 2.45) is 0 Å². The lowest BCUT2D eigenvalue weighted by molar-refractivity contribution is -0.111. The maximum absolute atomic E-state index is 13.1. The molecule has 0 atom stereocenters. The second-order valence-electron chi connectivity index (χ2n) is 7.24. The minimum absolute atomic E-state index is 0.0611. The number of nitrogens with zero attached hydrogens (tertiary/aromatic N) is 2. The van der Waals surface area contributed by atoms with Crippen LogP contribution in [-0.4, -0.2) is 57.0 Å². The number of hydrogen-bond acceptors (Lipinski definition) is 7. The smallest absolute Gasteiger partial charge is 0.250 e. The van der Waals surface area contributed by atoms with Gasteiger partial charge in [0.1, 0.15) is 10.6 Å². The van der Waals surface area contributed by atoms with E-state index < -0.39 is 10.0 Å². The number of anilines is 1. The number of rotatable bonds is 6. The first-order valence-electron chi connectivity index (χ1n) is 9.99. The van der Waals surface area contributed by atoms with E-state index in [0.29, 0.717) is 23.9 Å². The molecule has 2 heterocycles. The Morgan fingerprint density at radius 1 is 1.22 bits per heavy atom. The molecule has 1 aliphatic heterocycles. The fourth-order valence-electron chi connectivity index (χ4n) is 3.33. The Kier molecular flexibility index (Phi) is 6.56. The molecule has 8 nitrogen and oxygen atoms in total. The number of aryl methyl sites for hydroxylation is 1. The van der Waals surface area contributed by atoms with Crippen molar-refractivity contribution in [2.75, 3.05) is 38.7 Å². The first-order valence-corrected chi connectivity index (χ1v) is 12.2. The summed E-state index contributed by atoms with van der Waals surface area (Å²) in [4.78, 5) is 16.9. The molecule has 32 heavy (non-hydrogen) atoms. The van der Waals surface area contributed by atoms with E-state index in [1.165, 1.54) is 34.9 Å². The number of nitrogens with one attached hydrogen (secondary N) is 1. The number of amides is 1. The number of ether oxygens (including phenoxy) is 2. The Balaban J connectivity index is 1.52. The summed E-state index contributed by atoms with van der Waals surface area (Å²) in [6, 6.07) is 10.7. The average Bonchev–Trinajstić information content (AvgIpc) is 3.19. The summed E-state index contributed by atoms with van der Waals surface area (Å²) in [6.45, 7) is 3.28. The molecule has 1 fully saturated rings. The molecule has 1 saturated heterocycles. The third kappa shape index (κ3) is 4.83. The molecular formula is C22H23N3O5S2. The van der Waals surface area contributed by atoms with Gasteiger partial charge in [0, 0.05) is 19.2 Å². The van der Waals surface area contributed by atoms with Crippen LogP contribution in [0, 0.1) is 6.92 Å². The van der Waals surface area contributed by atoms with Gasteiger partial charge in [-0.1, -0.05) is 23.5 Å². The van der Waals surface area contributed by atoms with Crippen LogP contribution in [0.15, 0.2) is 47.4 Å². The van der Waals surface area contributed by atoms with Crippen molar-refractivity contribution in [2.45, 2.75) is 11.8 Å². The number of aromatic nitrogens is 1. The number of fused-ring (bicyclic) bond motifs is 1.